The Labute approximate surface area is 75.7 Å². The predicted octanol–water partition coefficient (Wildman–Crippen LogP) is 0.512. The summed E-state index contributed by atoms with van der Waals surface area (Å²) in [7, 11) is 0. The summed E-state index contributed by atoms with van der Waals surface area (Å²) in [6.07, 6.45) is 1.22. The van der Waals surface area contributed by atoms with Gasteiger partial charge >= 0.3 is 0 Å². The molecule has 0 aromatic heterocycles. The molecule has 2 bridgehead atoms. The summed E-state index contributed by atoms with van der Waals surface area (Å²) in [4.78, 5) is 23.8. The lowest BCUT2D eigenvalue weighted by Gasteiger charge is -2.42. The van der Waals surface area contributed by atoms with E-state index in [0.717, 1.165) is 0 Å². The molecule has 8 atom stereocenters. The molecule has 0 saturated heterocycles. The Hall–Kier alpha value is -0.660. The lowest BCUT2D eigenvalue weighted by molar-refractivity contribution is -0.145. The van der Waals surface area contributed by atoms with Crippen LogP contribution in [0.5, 0.6) is 0 Å². The highest BCUT2D eigenvalue weighted by Gasteiger charge is 2.84. The third-order valence-corrected chi connectivity index (χ3v) is 5.82. The van der Waals surface area contributed by atoms with E-state index in [1.54, 1.807) is 0 Å². The minimum absolute atomic E-state index is 0.211. The van der Waals surface area contributed by atoms with Crippen molar-refractivity contribution in [2.75, 3.05) is 0 Å². The Morgan fingerprint density at radius 1 is 0.769 bits per heavy atom. The SMILES string of the molecule is O=C1[C@@H]2[C@H]3C[C@H]4[C@H]2C(=O)[C@H]2[C@H]1[C@H]3[C@@H]42. The van der Waals surface area contributed by atoms with Crippen molar-refractivity contribution >= 4 is 11.6 Å². The van der Waals surface area contributed by atoms with Crippen molar-refractivity contribution in [3.05, 3.63) is 0 Å². The Morgan fingerprint density at radius 3 is 1.69 bits per heavy atom. The highest BCUT2D eigenvalue weighted by Crippen LogP contribution is 2.80. The van der Waals surface area contributed by atoms with Crippen molar-refractivity contribution in [3.63, 3.8) is 0 Å². The van der Waals surface area contributed by atoms with Crippen molar-refractivity contribution in [2.45, 2.75) is 6.42 Å². The van der Waals surface area contributed by atoms with Crippen LogP contribution >= 0.6 is 0 Å². The highest BCUT2D eigenvalue weighted by molar-refractivity contribution is 6.06. The molecule has 66 valence electrons. The molecule has 5 rings (SSSR count). The molecule has 0 aromatic rings. The molecule has 5 aliphatic carbocycles. The van der Waals surface area contributed by atoms with Crippen LogP contribution in [0, 0.1) is 47.3 Å². The van der Waals surface area contributed by atoms with Crippen LogP contribution < -0.4 is 0 Å². The van der Waals surface area contributed by atoms with Crippen LogP contribution in [0.15, 0.2) is 0 Å². The van der Waals surface area contributed by atoms with Gasteiger partial charge in [-0.3, -0.25) is 9.59 Å². The maximum Gasteiger partial charge on any atom is 0.141 e. The van der Waals surface area contributed by atoms with E-state index in [1.165, 1.54) is 6.42 Å². The lowest BCUT2D eigenvalue weighted by atomic mass is 9.59. The number of hydrogen-bond acceptors (Lipinski definition) is 2. The first-order valence-electron chi connectivity index (χ1n) is 5.38. The molecule has 0 heterocycles. The van der Waals surface area contributed by atoms with Gasteiger partial charge in [0.15, 0.2) is 0 Å². The zero-order chi connectivity index (χ0) is 8.48. The van der Waals surface area contributed by atoms with Crippen LogP contribution in [-0.4, -0.2) is 11.6 Å². The Bertz CT molecular complexity index is 346. The van der Waals surface area contributed by atoms with Gasteiger partial charge in [-0.25, -0.2) is 0 Å². The van der Waals surface area contributed by atoms with E-state index in [2.05, 4.69) is 0 Å². The number of fused-ring (bicyclic) bond motifs is 2. The Balaban J connectivity index is 1.92. The van der Waals surface area contributed by atoms with E-state index >= 15 is 0 Å². The standard InChI is InChI=1S/C11H10O2/c12-10-6-2-1-3-5-4(2)8(10)9(5)11(13)7(3)6/h2-9H,1H2/t2-,3+,4-,5-,6-,7-,8-,9-/m1/s1. The normalized spacial score (nSPS) is 74.2. The number of carbonyl (C=O) groups excluding carboxylic acids is 2. The van der Waals surface area contributed by atoms with E-state index in [9.17, 15) is 9.59 Å². The lowest BCUT2D eigenvalue weighted by Crippen LogP contribution is -2.47. The minimum atomic E-state index is 0.211. The first-order chi connectivity index (χ1) is 6.30. The number of ketones is 2. The maximum atomic E-state index is 11.9. The summed E-state index contributed by atoms with van der Waals surface area (Å²) in [5.41, 5.74) is 0. The number of hydrogen-bond donors (Lipinski definition) is 0. The van der Waals surface area contributed by atoms with Gasteiger partial charge in [0, 0.05) is 23.7 Å². The first-order valence-corrected chi connectivity index (χ1v) is 5.38. The molecular formula is C11H10O2. The molecule has 13 heavy (non-hydrogen) atoms. The van der Waals surface area contributed by atoms with E-state index in [1.807, 2.05) is 0 Å². The molecule has 0 N–H and O–H groups in total. The van der Waals surface area contributed by atoms with Crippen LogP contribution in [-0.2, 0) is 9.59 Å². The van der Waals surface area contributed by atoms with Crippen LogP contribution in [0.3, 0.4) is 0 Å². The molecular weight excluding hydrogens is 164 g/mol. The molecule has 0 radical (unpaired) electrons. The molecule has 5 aliphatic rings. The van der Waals surface area contributed by atoms with Gasteiger partial charge in [0.2, 0.25) is 0 Å². The fourth-order valence-electron chi connectivity index (χ4n) is 5.80. The van der Waals surface area contributed by atoms with E-state index < -0.39 is 0 Å². The van der Waals surface area contributed by atoms with Crippen molar-refractivity contribution in [3.8, 4) is 0 Å². The molecule has 0 amide bonds. The summed E-state index contributed by atoms with van der Waals surface area (Å²) in [6, 6.07) is 0. The van der Waals surface area contributed by atoms with Gasteiger partial charge in [-0.05, 0) is 30.1 Å². The summed E-state index contributed by atoms with van der Waals surface area (Å²) in [5, 5.41) is 0. The largest absolute Gasteiger partial charge is 0.299 e. The quantitative estimate of drug-likeness (QED) is 0.536. The average Bonchev–Trinajstić information content (AvgIpc) is 2.52. The van der Waals surface area contributed by atoms with Crippen molar-refractivity contribution in [1.29, 1.82) is 0 Å². The Kier molecular flexibility index (Phi) is 0.602. The van der Waals surface area contributed by atoms with Gasteiger partial charge in [-0.1, -0.05) is 0 Å². The average molecular weight is 174 g/mol. The number of carbonyl (C=O) groups is 2. The van der Waals surface area contributed by atoms with Gasteiger partial charge in [0.1, 0.15) is 11.6 Å². The van der Waals surface area contributed by atoms with Gasteiger partial charge in [0.05, 0.1) is 0 Å². The first kappa shape index (κ1) is 5.94. The summed E-state index contributed by atoms with van der Waals surface area (Å²) in [6.45, 7) is 0. The maximum absolute atomic E-state index is 11.9. The molecule has 5 fully saturated rings. The minimum Gasteiger partial charge on any atom is -0.299 e. The highest BCUT2D eigenvalue weighted by atomic mass is 16.1. The third kappa shape index (κ3) is 0.323. The van der Waals surface area contributed by atoms with Crippen LogP contribution in [0.4, 0.5) is 0 Å². The summed E-state index contributed by atoms with van der Waals surface area (Å²) < 4.78 is 0. The Morgan fingerprint density at radius 2 is 1.23 bits per heavy atom. The van der Waals surface area contributed by atoms with Gasteiger partial charge in [-0.15, -0.1) is 0 Å². The third-order valence-electron chi connectivity index (χ3n) is 5.82. The molecule has 5 saturated carbocycles. The van der Waals surface area contributed by atoms with Gasteiger partial charge in [-0.2, -0.15) is 0 Å². The van der Waals surface area contributed by atoms with Crippen molar-refractivity contribution in [1.82, 2.24) is 0 Å². The molecule has 0 aromatic carbocycles. The second kappa shape index (κ2) is 1.32. The van der Waals surface area contributed by atoms with Crippen molar-refractivity contribution < 1.29 is 9.59 Å². The van der Waals surface area contributed by atoms with E-state index in [-0.39, 0.29) is 23.7 Å². The molecule has 0 spiro atoms. The van der Waals surface area contributed by atoms with Crippen LogP contribution in [0.1, 0.15) is 6.42 Å². The second-order valence-corrected chi connectivity index (χ2v) is 5.63. The topological polar surface area (TPSA) is 34.1 Å². The molecule has 2 nitrogen and oxygen atoms in total. The molecule has 0 aliphatic heterocycles. The molecule has 2 heteroatoms. The number of rotatable bonds is 0. The van der Waals surface area contributed by atoms with Gasteiger partial charge in [0.25, 0.3) is 0 Å². The smallest absolute Gasteiger partial charge is 0.141 e. The zero-order valence-electron chi connectivity index (χ0n) is 7.14. The van der Waals surface area contributed by atoms with E-state index in [4.69, 9.17) is 0 Å². The predicted molar refractivity (Wildman–Crippen MR) is 42.6 cm³/mol. The zero-order valence-corrected chi connectivity index (χ0v) is 7.14. The monoisotopic (exact) mass is 174 g/mol. The fourth-order valence-corrected chi connectivity index (χ4v) is 5.80. The fraction of sp³-hybridized carbons (Fsp3) is 0.818. The summed E-state index contributed by atoms with van der Waals surface area (Å²) >= 11 is 0. The van der Waals surface area contributed by atoms with Crippen LogP contribution in [0.25, 0.3) is 0 Å². The second-order valence-electron chi connectivity index (χ2n) is 5.63. The number of Topliss-reactive ketones (excluding diaryl/α,β-unsaturated/α-hetero) is 2. The van der Waals surface area contributed by atoms with Crippen LogP contribution in [0.2, 0.25) is 0 Å². The summed E-state index contributed by atoms with van der Waals surface area (Å²) in [5.74, 6) is 4.49. The molecule has 0 unspecified atom stereocenters. The van der Waals surface area contributed by atoms with E-state index in [0.29, 0.717) is 35.2 Å². The van der Waals surface area contributed by atoms with Gasteiger partial charge < -0.3 is 0 Å². The van der Waals surface area contributed by atoms with Crippen molar-refractivity contribution in [2.24, 2.45) is 47.3 Å².